The molecule has 0 saturated carbocycles. The number of carbonyl (C=O) groups excluding carboxylic acids is 1. The summed E-state index contributed by atoms with van der Waals surface area (Å²) >= 11 is 1.09. The first-order chi connectivity index (χ1) is 12.4. The molecule has 1 aromatic carbocycles. The van der Waals surface area contributed by atoms with Crippen LogP contribution in [0.3, 0.4) is 0 Å². The first-order valence-corrected chi connectivity index (χ1v) is 9.01. The first-order valence-electron chi connectivity index (χ1n) is 8.13. The Morgan fingerprint density at radius 2 is 2.31 bits per heavy atom. The van der Waals surface area contributed by atoms with Gasteiger partial charge in [0.05, 0.1) is 17.9 Å². The molecule has 1 aliphatic heterocycles. The van der Waals surface area contributed by atoms with Crippen LogP contribution in [0.5, 0.6) is 0 Å². The Labute approximate surface area is 152 Å². The Morgan fingerprint density at radius 1 is 1.50 bits per heavy atom. The first kappa shape index (κ1) is 18.6. The quantitative estimate of drug-likeness (QED) is 0.745. The van der Waals surface area contributed by atoms with E-state index in [2.05, 4.69) is 15.5 Å². The van der Waals surface area contributed by atoms with Crippen LogP contribution in [0.4, 0.5) is 14.5 Å². The maximum atomic E-state index is 13.2. The van der Waals surface area contributed by atoms with Gasteiger partial charge in [0.2, 0.25) is 5.91 Å². The van der Waals surface area contributed by atoms with E-state index in [9.17, 15) is 18.4 Å². The highest BCUT2D eigenvalue weighted by Crippen LogP contribution is 2.23. The molecule has 7 nitrogen and oxygen atoms in total. The highest BCUT2D eigenvalue weighted by Gasteiger charge is 2.23. The average molecular weight is 384 g/mol. The fourth-order valence-electron chi connectivity index (χ4n) is 2.58. The molecule has 0 bridgehead atoms. The number of aromatic amines is 1. The molecule has 0 radical (unpaired) electrons. The van der Waals surface area contributed by atoms with Gasteiger partial charge in [-0.05, 0) is 31.9 Å². The third-order valence-electron chi connectivity index (χ3n) is 3.97. The minimum Gasteiger partial charge on any atom is -0.376 e. The number of ether oxygens (including phenoxy) is 1. The zero-order chi connectivity index (χ0) is 18.7. The number of halogens is 2. The molecule has 26 heavy (non-hydrogen) atoms. The number of aromatic nitrogens is 3. The predicted molar refractivity (Wildman–Crippen MR) is 92.1 cm³/mol. The molecule has 10 heteroatoms. The maximum Gasteiger partial charge on any atom is 0.344 e. The molecule has 0 unspecified atom stereocenters. The second-order valence-electron chi connectivity index (χ2n) is 5.94. The van der Waals surface area contributed by atoms with Gasteiger partial charge in [0.15, 0.2) is 16.8 Å². The standard InChI is InChI=1S/C16H18F2N4O3S/c1-9(14(23)19-10-4-5-12(17)13(18)7-10)26-16-21-20-15(24)22(16)8-11-3-2-6-25-11/h4-5,7,9,11H,2-3,6,8H2,1H3,(H,19,23)(H,20,24)/t9-,11+/m0/s1. The highest BCUT2D eigenvalue weighted by molar-refractivity contribution is 8.00. The van der Waals surface area contributed by atoms with Crippen molar-refractivity contribution in [2.75, 3.05) is 11.9 Å². The predicted octanol–water partition coefficient (Wildman–Crippen LogP) is 2.15. The lowest BCUT2D eigenvalue weighted by Gasteiger charge is -2.14. The van der Waals surface area contributed by atoms with Crippen molar-refractivity contribution < 1.29 is 18.3 Å². The Hall–Kier alpha value is -2.20. The molecule has 0 aliphatic carbocycles. The molecule has 1 aromatic heterocycles. The van der Waals surface area contributed by atoms with Crippen molar-refractivity contribution in [3.05, 3.63) is 40.3 Å². The van der Waals surface area contributed by atoms with Crippen molar-refractivity contribution in [2.24, 2.45) is 0 Å². The summed E-state index contributed by atoms with van der Waals surface area (Å²) in [6.45, 7) is 2.68. The summed E-state index contributed by atoms with van der Waals surface area (Å²) in [4.78, 5) is 24.2. The molecule has 140 valence electrons. The number of rotatable bonds is 6. The zero-order valence-electron chi connectivity index (χ0n) is 14.0. The number of carbonyl (C=O) groups is 1. The molecular formula is C16H18F2N4O3S. The van der Waals surface area contributed by atoms with E-state index in [4.69, 9.17) is 4.74 Å². The van der Waals surface area contributed by atoms with Gasteiger partial charge in [-0.2, -0.15) is 0 Å². The molecule has 2 heterocycles. The largest absolute Gasteiger partial charge is 0.376 e. The van der Waals surface area contributed by atoms with Crippen molar-refractivity contribution >= 4 is 23.4 Å². The van der Waals surface area contributed by atoms with Crippen molar-refractivity contribution in [3.63, 3.8) is 0 Å². The summed E-state index contributed by atoms with van der Waals surface area (Å²) in [5.74, 6) is -2.44. The molecule has 2 N–H and O–H groups in total. The molecule has 1 amide bonds. The summed E-state index contributed by atoms with van der Waals surface area (Å²) in [5, 5.41) is 8.61. The molecule has 3 rings (SSSR count). The number of hydrogen-bond acceptors (Lipinski definition) is 5. The zero-order valence-corrected chi connectivity index (χ0v) is 14.8. The summed E-state index contributed by atoms with van der Waals surface area (Å²) in [5.41, 5.74) is -0.212. The third kappa shape index (κ3) is 4.31. The minimum atomic E-state index is -1.04. The van der Waals surface area contributed by atoms with Gasteiger partial charge in [0.25, 0.3) is 0 Å². The van der Waals surface area contributed by atoms with Crippen LogP contribution in [-0.2, 0) is 16.1 Å². The minimum absolute atomic E-state index is 0.0454. The van der Waals surface area contributed by atoms with Crippen LogP contribution in [0, 0.1) is 11.6 Å². The van der Waals surface area contributed by atoms with E-state index in [1.165, 1.54) is 10.6 Å². The summed E-state index contributed by atoms with van der Waals surface area (Å²) in [6, 6.07) is 3.12. The van der Waals surface area contributed by atoms with Gasteiger partial charge in [-0.15, -0.1) is 5.10 Å². The lowest BCUT2D eigenvalue weighted by molar-refractivity contribution is -0.115. The topological polar surface area (TPSA) is 89.0 Å². The normalized spacial score (nSPS) is 18.0. The monoisotopic (exact) mass is 384 g/mol. The van der Waals surface area contributed by atoms with Crippen LogP contribution >= 0.6 is 11.8 Å². The SMILES string of the molecule is C[C@H](Sc1n[nH]c(=O)n1C[C@H]1CCCO1)C(=O)Nc1ccc(F)c(F)c1. The van der Waals surface area contributed by atoms with Crippen LogP contribution < -0.4 is 11.0 Å². The van der Waals surface area contributed by atoms with E-state index in [1.54, 1.807) is 6.92 Å². The number of thioether (sulfide) groups is 1. The van der Waals surface area contributed by atoms with E-state index in [1.807, 2.05) is 0 Å². The number of nitrogens with one attached hydrogen (secondary N) is 2. The Balaban J connectivity index is 1.65. The third-order valence-corrected chi connectivity index (χ3v) is 5.06. The van der Waals surface area contributed by atoms with Crippen LogP contribution in [0.2, 0.25) is 0 Å². The summed E-state index contributed by atoms with van der Waals surface area (Å²) < 4.78 is 33.2. The second-order valence-corrected chi connectivity index (χ2v) is 7.24. The van der Waals surface area contributed by atoms with Gasteiger partial charge >= 0.3 is 5.69 Å². The van der Waals surface area contributed by atoms with Gasteiger partial charge < -0.3 is 10.1 Å². The molecule has 1 aliphatic rings. The molecule has 1 fully saturated rings. The number of H-pyrrole nitrogens is 1. The van der Waals surface area contributed by atoms with Crippen molar-refractivity contribution in [1.82, 2.24) is 14.8 Å². The molecule has 1 saturated heterocycles. The van der Waals surface area contributed by atoms with E-state index < -0.39 is 22.8 Å². The van der Waals surface area contributed by atoms with Crippen LogP contribution in [0.1, 0.15) is 19.8 Å². The van der Waals surface area contributed by atoms with Crippen LogP contribution in [0.25, 0.3) is 0 Å². The number of amides is 1. The Bertz CT molecular complexity index is 848. The lowest BCUT2D eigenvalue weighted by atomic mass is 10.2. The number of nitrogens with zero attached hydrogens (tertiary/aromatic N) is 2. The van der Waals surface area contributed by atoms with E-state index >= 15 is 0 Å². The number of hydrogen-bond donors (Lipinski definition) is 2. The Kier molecular flexibility index (Phi) is 5.72. The van der Waals surface area contributed by atoms with E-state index in [0.717, 1.165) is 36.7 Å². The maximum absolute atomic E-state index is 13.2. The Morgan fingerprint density at radius 3 is 3.00 bits per heavy atom. The van der Waals surface area contributed by atoms with Crippen molar-refractivity contribution in [1.29, 1.82) is 0 Å². The van der Waals surface area contributed by atoms with Crippen molar-refractivity contribution in [3.8, 4) is 0 Å². The van der Waals surface area contributed by atoms with Crippen LogP contribution in [-0.4, -0.2) is 38.6 Å². The van der Waals surface area contributed by atoms with E-state index in [0.29, 0.717) is 18.3 Å². The average Bonchev–Trinajstić information content (AvgIpc) is 3.23. The van der Waals surface area contributed by atoms with Crippen LogP contribution in [0.15, 0.2) is 28.2 Å². The smallest absolute Gasteiger partial charge is 0.344 e. The van der Waals surface area contributed by atoms with E-state index in [-0.39, 0.29) is 17.5 Å². The number of benzene rings is 1. The van der Waals surface area contributed by atoms with Crippen molar-refractivity contribution in [2.45, 2.75) is 42.8 Å². The molecular weight excluding hydrogens is 366 g/mol. The number of anilines is 1. The van der Waals surface area contributed by atoms with Gasteiger partial charge in [0, 0.05) is 18.4 Å². The highest BCUT2D eigenvalue weighted by atomic mass is 32.2. The lowest BCUT2D eigenvalue weighted by Crippen LogP contribution is -2.27. The fourth-order valence-corrected chi connectivity index (χ4v) is 3.44. The second kappa shape index (κ2) is 8.00. The molecule has 0 spiro atoms. The van der Waals surface area contributed by atoms with Gasteiger partial charge in [0.1, 0.15) is 0 Å². The van der Waals surface area contributed by atoms with Gasteiger partial charge in [-0.25, -0.2) is 18.7 Å². The van der Waals surface area contributed by atoms with Gasteiger partial charge in [-0.3, -0.25) is 9.36 Å². The summed E-state index contributed by atoms with van der Waals surface area (Å²) in [6.07, 6.45) is 1.77. The fraction of sp³-hybridized carbons (Fsp3) is 0.438. The molecule has 2 atom stereocenters. The summed E-state index contributed by atoms with van der Waals surface area (Å²) in [7, 11) is 0. The molecule has 2 aromatic rings. The van der Waals surface area contributed by atoms with Gasteiger partial charge in [-0.1, -0.05) is 11.8 Å².